The molecule has 0 saturated carbocycles. The maximum Gasteiger partial charge on any atom is 0.147 e. The van der Waals surface area contributed by atoms with Gasteiger partial charge in [0.2, 0.25) is 0 Å². The Balaban J connectivity index is 1.74. The van der Waals surface area contributed by atoms with Gasteiger partial charge in [-0.25, -0.2) is 15.0 Å². The Morgan fingerprint density at radius 1 is 1.18 bits per heavy atom. The summed E-state index contributed by atoms with van der Waals surface area (Å²) in [6.07, 6.45) is 4.56. The Labute approximate surface area is 134 Å². The number of nitrogens with one attached hydrogen (secondary N) is 1. The third-order valence-electron chi connectivity index (χ3n) is 3.87. The Morgan fingerprint density at radius 3 is 2.86 bits per heavy atom. The fourth-order valence-electron chi connectivity index (χ4n) is 2.59. The highest BCUT2D eigenvalue weighted by atomic mass is 32.1. The largest absolute Gasteiger partial charge is 0.369 e. The van der Waals surface area contributed by atoms with Gasteiger partial charge in [0, 0.05) is 18.1 Å². The second kappa shape index (κ2) is 6.98. The zero-order chi connectivity index (χ0) is 15.4. The van der Waals surface area contributed by atoms with Gasteiger partial charge in [0.15, 0.2) is 0 Å². The van der Waals surface area contributed by atoms with Crippen molar-refractivity contribution in [2.24, 2.45) is 0 Å². The highest BCUT2D eigenvalue weighted by molar-refractivity contribution is 7.25. The number of rotatable bonds is 7. The average Bonchev–Trinajstić information content (AvgIpc) is 2.94. The molecule has 0 unspecified atom stereocenters. The molecule has 0 saturated heterocycles. The van der Waals surface area contributed by atoms with Crippen molar-refractivity contribution in [2.75, 3.05) is 31.5 Å². The Kier molecular flexibility index (Phi) is 4.80. The molecular formula is C16H21N5S. The topological polar surface area (TPSA) is 53.9 Å². The second-order valence-electron chi connectivity index (χ2n) is 5.17. The van der Waals surface area contributed by atoms with E-state index in [0.717, 1.165) is 58.9 Å². The van der Waals surface area contributed by atoms with Gasteiger partial charge in [-0.2, -0.15) is 0 Å². The molecule has 3 rings (SSSR count). The van der Waals surface area contributed by atoms with Crippen molar-refractivity contribution < 1.29 is 0 Å². The molecule has 116 valence electrons. The summed E-state index contributed by atoms with van der Waals surface area (Å²) in [5.41, 5.74) is 0.995. The van der Waals surface area contributed by atoms with Crippen LogP contribution in [-0.4, -0.2) is 46.0 Å². The minimum absolute atomic E-state index is 0.921. The van der Waals surface area contributed by atoms with Crippen molar-refractivity contribution in [1.82, 2.24) is 19.9 Å². The smallest absolute Gasteiger partial charge is 0.147 e. The lowest BCUT2D eigenvalue weighted by molar-refractivity contribution is 0.303. The monoisotopic (exact) mass is 315 g/mol. The van der Waals surface area contributed by atoms with Crippen molar-refractivity contribution in [3.8, 4) is 0 Å². The number of hydrogen-bond donors (Lipinski definition) is 1. The summed E-state index contributed by atoms with van der Waals surface area (Å²) >= 11 is 1.65. The summed E-state index contributed by atoms with van der Waals surface area (Å²) in [6.45, 7) is 8.66. The number of hydrogen-bond acceptors (Lipinski definition) is 6. The first-order chi connectivity index (χ1) is 10.8. The van der Waals surface area contributed by atoms with Crippen LogP contribution in [0.1, 0.15) is 20.3 Å². The maximum atomic E-state index is 4.42. The molecule has 6 heteroatoms. The van der Waals surface area contributed by atoms with Crippen molar-refractivity contribution in [1.29, 1.82) is 0 Å². The minimum atomic E-state index is 0.921. The summed E-state index contributed by atoms with van der Waals surface area (Å²) in [4.78, 5) is 16.7. The molecule has 0 aromatic carbocycles. The third kappa shape index (κ3) is 3.03. The van der Waals surface area contributed by atoms with Crippen molar-refractivity contribution in [3.63, 3.8) is 0 Å². The number of aromatic nitrogens is 3. The van der Waals surface area contributed by atoms with Crippen LogP contribution in [0.25, 0.3) is 20.4 Å². The second-order valence-corrected chi connectivity index (χ2v) is 6.16. The van der Waals surface area contributed by atoms with E-state index in [1.807, 2.05) is 12.3 Å². The zero-order valence-electron chi connectivity index (χ0n) is 13.0. The first-order valence-corrected chi connectivity index (χ1v) is 8.59. The number of fused-ring (bicyclic) bond motifs is 3. The summed E-state index contributed by atoms with van der Waals surface area (Å²) < 4.78 is 1.10. The van der Waals surface area contributed by atoms with E-state index in [-0.39, 0.29) is 0 Å². The van der Waals surface area contributed by atoms with E-state index in [2.05, 4.69) is 45.1 Å². The molecule has 0 aliphatic heterocycles. The summed E-state index contributed by atoms with van der Waals surface area (Å²) in [7, 11) is 0. The third-order valence-corrected chi connectivity index (χ3v) is 4.98. The standard InChI is InChI=1S/C16H21N5S/c1-3-21(4-2)10-6-9-17-15-14-13(19-11-20-15)12-7-5-8-18-16(12)22-14/h5,7-8,11H,3-4,6,9-10H2,1-2H3,(H,17,19,20). The maximum absolute atomic E-state index is 4.42. The van der Waals surface area contributed by atoms with E-state index in [0.29, 0.717) is 0 Å². The summed E-state index contributed by atoms with van der Waals surface area (Å²) in [5, 5.41) is 4.56. The van der Waals surface area contributed by atoms with Gasteiger partial charge in [-0.1, -0.05) is 13.8 Å². The van der Waals surface area contributed by atoms with Gasteiger partial charge in [0.25, 0.3) is 0 Å². The van der Waals surface area contributed by atoms with E-state index in [1.165, 1.54) is 0 Å². The van der Waals surface area contributed by atoms with Gasteiger partial charge in [-0.05, 0) is 38.2 Å². The number of thiophene rings is 1. The number of anilines is 1. The molecule has 0 atom stereocenters. The molecule has 0 bridgehead atoms. The summed E-state index contributed by atoms with van der Waals surface area (Å²) in [6, 6.07) is 4.02. The Hall–Kier alpha value is -1.79. The molecule has 0 aliphatic carbocycles. The lowest BCUT2D eigenvalue weighted by Gasteiger charge is -2.17. The SMILES string of the molecule is CCN(CC)CCCNc1ncnc2c1sc1ncccc12. The van der Waals surface area contributed by atoms with Gasteiger partial charge in [0.1, 0.15) is 17.0 Å². The fourth-order valence-corrected chi connectivity index (χ4v) is 3.65. The molecule has 22 heavy (non-hydrogen) atoms. The van der Waals surface area contributed by atoms with Crippen LogP contribution in [0.15, 0.2) is 24.7 Å². The highest BCUT2D eigenvalue weighted by Crippen LogP contribution is 2.34. The van der Waals surface area contributed by atoms with E-state index >= 15 is 0 Å². The van der Waals surface area contributed by atoms with Crippen LogP contribution in [0.3, 0.4) is 0 Å². The van der Waals surface area contributed by atoms with Gasteiger partial charge >= 0.3 is 0 Å². The van der Waals surface area contributed by atoms with E-state index in [9.17, 15) is 0 Å². The lowest BCUT2D eigenvalue weighted by Crippen LogP contribution is -2.25. The first-order valence-electron chi connectivity index (χ1n) is 7.78. The van der Waals surface area contributed by atoms with Crippen LogP contribution in [-0.2, 0) is 0 Å². The molecule has 3 heterocycles. The molecule has 0 amide bonds. The molecule has 3 aromatic rings. The lowest BCUT2D eigenvalue weighted by atomic mass is 10.3. The molecule has 0 radical (unpaired) electrons. The predicted molar refractivity (Wildman–Crippen MR) is 93.6 cm³/mol. The normalized spacial score (nSPS) is 11.6. The number of nitrogens with zero attached hydrogens (tertiary/aromatic N) is 4. The molecule has 0 spiro atoms. The molecule has 3 aromatic heterocycles. The van der Waals surface area contributed by atoms with Crippen molar-refractivity contribution in [3.05, 3.63) is 24.7 Å². The van der Waals surface area contributed by atoms with Crippen LogP contribution >= 0.6 is 11.3 Å². The molecule has 0 fully saturated rings. The fraction of sp³-hybridized carbons (Fsp3) is 0.438. The van der Waals surface area contributed by atoms with Crippen LogP contribution in [0, 0.1) is 0 Å². The predicted octanol–water partition coefficient (Wildman–Crippen LogP) is 3.38. The van der Waals surface area contributed by atoms with E-state index in [1.54, 1.807) is 17.7 Å². The average molecular weight is 315 g/mol. The van der Waals surface area contributed by atoms with Crippen LogP contribution in [0.2, 0.25) is 0 Å². The minimum Gasteiger partial charge on any atom is -0.369 e. The Morgan fingerprint density at radius 2 is 2.05 bits per heavy atom. The van der Waals surface area contributed by atoms with Crippen molar-refractivity contribution in [2.45, 2.75) is 20.3 Å². The summed E-state index contributed by atoms with van der Waals surface area (Å²) in [5.74, 6) is 0.924. The van der Waals surface area contributed by atoms with Gasteiger partial charge in [-0.3, -0.25) is 0 Å². The molecule has 0 aliphatic rings. The van der Waals surface area contributed by atoms with E-state index < -0.39 is 0 Å². The van der Waals surface area contributed by atoms with Gasteiger partial charge in [-0.15, -0.1) is 11.3 Å². The van der Waals surface area contributed by atoms with Crippen LogP contribution in [0.5, 0.6) is 0 Å². The van der Waals surface area contributed by atoms with E-state index in [4.69, 9.17) is 0 Å². The first kappa shape index (κ1) is 15.1. The molecular weight excluding hydrogens is 294 g/mol. The molecule has 5 nitrogen and oxygen atoms in total. The Bertz CT molecular complexity index is 750. The highest BCUT2D eigenvalue weighted by Gasteiger charge is 2.11. The van der Waals surface area contributed by atoms with Crippen LogP contribution in [0.4, 0.5) is 5.82 Å². The van der Waals surface area contributed by atoms with Gasteiger partial charge in [0.05, 0.1) is 10.2 Å². The van der Waals surface area contributed by atoms with Crippen molar-refractivity contribution >= 4 is 37.6 Å². The molecule has 1 N–H and O–H groups in total. The van der Waals surface area contributed by atoms with Gasteiger partial charge < -0.3 is 10.2 Å². The zero-order valence-corrected chi connectivity index (χ0v) is 13.9. The number of pyridine rings is 1. The van der Waals surface area contributed by atoms with Crippen LogP contribution < -0.4 is 5.32 Å². The quantitative estimate of drug-likeness (QED) is 0.677.